The average Bonchev–Trinajstić information content (AvgIpc) is 3.54. The van der Waals surface area contributed by atoms with Crippen molar-refractivity contribution in [1.82, 2.24) is 25.4 Å². The fourth-order valence-electron chi connectivity index (χ4n) is 4.83. The number of pyridine rings is 1. The first-order valence-corrected chi connectivity index (χ1v) is 13.9. The van der Waals surface area contributed by atoms with Crippen LogP contribution in [0.5, 0.6) is 5.75 Å². The standard InChI is InChI=1S/C29H30F3N7O5/c1-16(20-4-3-5-21(23(20)30)26(31)32)35-27-22(29-42-12-13-43-29)24(36-17(2)37-27)25(28(40)38-39-8-10-41-11-9-39)44-19-6-7-34-18(14-19)15-33/h3-7,14,16,25-26,29H,8-13H2,1-2H3,(H,38,40)(H,35,36,37)/t16-,25?/m1/s1. The Morgan fingerprint density at radius 2 is 1.86 bits per heavy atom. The zero-order valence-corrected chi connectivity index (χ0v) is 23.9. The van der Waals surface area contributed by atoms with E-state index in [0.29, 0.717) is 26.3 Å². The topological polar surface area (TPSA) is 144 Å². The first kappa shape index (κ1) is 31.1. The van der Waals surface area contributed by atoms with Gasteiger partial charge >= 0.3 is 0 Å². The van der Waals surface area contributed by atoms with E-state index in [4.69, 9.17) is 18.9 Å². The molecule has 2 aromatic heterocycles. The summed E-state index contributed by atoms with van der Waals surface area (Å²) in [5.74, 6) is -1.11. The minimum Gasteiger partial charge on any atom is -0.474 e. The zero-order chi connectivity index (χ0) is 31.2. The Morgan fingerprint density at radius 1 is 1.14 bits per heavy atom. The molecule has 0 spiro atoms. The average molecular weight is 614 g/mol. The number of aryl methyl sites for hydroxylation is 1. The number of nitrogens with one attached hydrogen (secondary N) is 2. The first-order chi connectivity index (χ1) is 21.2. The number of benzene rings is 1. The van der Waals surface area contributed by atoms with Gasteiger partial charge < -0.3 is 24.3 Å². The summed E-state index contributed by atoms with van der Waals surface area (Å²) in [4.78, 5) is 26.9. The summed E-state index contributed by atoms with van der Waals surface area (Å²) in [7, 11) is 0. The van der Waals surface area contributed by atoms with Gasteiger partial charge in [-0.05, 0) is 19.9 Å². The van der Waals surface area contributed by atoms with Crippen LogP contribution < -0.4 is 15.5 Å². The summed E-state index contributed by atoms with van der Waals surface area (Å²) < 4.78 is 65.1. The van der Waals surface area contributed by atoms with Gasteiger partial charge in [0.15, 0.2) is 6.29 Å². The largest absolute Gasteiger partial charge is 0.474 e. The molecule has 0 aliphatic carbocycles. The number of nitriles is 1. The van der Waals surface area contributed by atoms with Gasteiger partial charge in [0.1, 0.15) is 40.7 Å². The summed E-state index contributed by atoms with van der Waals surface area (Å²) in [6.45, 7) is 5.35. The highest BCUT2D eigenvalue weighted by atomic mass is 19.3. The van der Waals surface area contributed by atoms with E-state index in [1.165, 1.54) is 30.5 Å². The first-order valence-electron chi connectivity index (χ1n) is 13.9. The molecule has 0 saturated carbocycles. The molecule has 0 radical (unpaired) electrons. The monoisotopic (exact) mass is 613 g/mol. The van der Waals surface area contributed by atoms with Crippen molar-refractivity contribution < 1.29 is 36.9 Å². The number of rotatable bonds is 10. The Balaban J connectivity index is 1.58. The van der Waals surface area contributed by atoms with Crippen molar-refractivity contribution in [3.8, 4) is 11.8 Å². The number of morpholine rings is 1. The lowest BCUT2D eigenvalue weighted by atomic mass is 10.0. The van der Waals surface area contributed by atoms with Gasteiger partial charge in [-0.1, -0.05) is 18.2 Å². The van der Waals surface area contributed by atoms with Crippen LogP contribution in [0.15, 0.2) is 36.5 Å². The summed E-state index contributed by atoms with van der Waals surface area (Å²) in [6.07, 6.45) is -4.07. The molecule has 44 heavy (non-hydrogen) atoms. The summed E-state index contributed by atoms with van der Waals surface area (Å²) in [5.41, 5.74) is 2.47. The van der Waals surface area contributed by atoms with Crippen molar-refractivity contribution in [3.05, 3.63) is 76.2 Å². The second-order valence-electron chi connectivity index (χ2n) is 9.97. The van der Waals surface area contributed by atoms with Crippen molar-refractivity contribution in [2.45, 2.75) is 38.7 Å². The van der Waals surface area contributed by atoms with Crippen LogP contribution in [-0.2, 0) is 19.0 Å². The molecule has 4 heterocycles. The van der Waals surface area contributed by atoms with Crippen molar-refractivity contribution >= 4 is 11.7 Å². The van der Waals surface area contributed by atoms with Gasteiger partial charge in [0.2, 0.25) is 6.10 Å². The number of halogens is 3. The third-order valence-electron chi connectivity index (χ3n) is 6.92. The molecular formula is C29H30F3N7O5. The van der Waals surface area contributed by atoms with Crippen LogP contribution in [0.25, 0.3) is 0 Å². The Labute approximate surface area is 251 Å². The van der Waals surface area contributed by atoms with Crippen molar-refractivity contribution in [1.29, 1.82) is 5.26 Å². The van der Waals surface area contributed by atoms with Gasteiger partial charge in [0.05, 0.1) is 43.6 Å². The molecule has 0 bridgehead atoms. The Hall–Kier alpha value is -4.36. The maximum Gasteiger partial charge on any atom is 0.281 e. The van der Waals surface area contributed by atoms with Crippen LogP contribution in [0.2, 0.25) is 0 Å². The van der Waals surface area contributed by atoms with Crippen LogP contribution in [0.3, 0.4) is 0 Å². The Bertz CT molecular complexity index is 1530. The van der Waals surface area contributed by atoms with Gasteiger partial charge in [-0.25, -0.2) is 33.1 Å². The molecule has 2 fully saturated rings. The lowest BCUT2D eigenvalue weighted by Crippen LogP contribution is -2.50. The molecule has 1 unspecified atom stereocenters. The van der Waals surface area contributed by atoms with Crippen LogP contribution in [-0.4, -0.2) is 65.4 Å². The number of hydrazine groups is 1. The minimum absolute atomic E-state index is 0.0153. The molecule has 2 saturated heterocycles. The van der Waals surface area contributed by atoms with Crippen LogP contribution in [0.4, 0.5) is 19.0 Å². The third kappa shape index (κ3) is 7.05. The van der Waals surface area contributed by atoms with E-state index in [2.05, 4.69) is 25.7 Å². The van der Waals surface area contributed by atoms with Gasteiger partial charge in [-0.15, -0.1) is 0 Å². The highest BCUT2D eigenvalue weighted by molar-refractivity contribution is 5.82. The van der Waals surface area contributed by atoms with Crippen LogP contribution in [0.1, 0.15) is 65.7 Å². The molecule has 5 rings (SSSR count). The van der Waals surface area contributed by atoms with Crippen molar-refractivity contribution in [2.24, 2.45) is 0 Å². The normalized spacial score (nSPS) is 17.2. The number of aromatic nitrogens is 3. The van der Waals surface area contributed by atoms with Gasteiger partial charge in [-0.3, -0.25) is 10.2 Å². The van der Waals surface area contributed by atoms with E-state index in [1.54, 1.807) is 18.9 Å². The highest BCUT2D eigenvalue weighted by Crippen LogP contribution is 2.38. The number of hydrogen-bond donors (Lipinski definition) is 2. The molecule has 232 valence electrons. The summed E-state index contributed by atoms with van der Waals surface area (Å²) in [6, 6.07) is 7.73. The molecule has 2 atom stereocenters. The van der Waals surface area contributed by atoms with Gasteiger partial charge in [0, 0.05) is 30.9 Å². The number of anilines is 1. The van der Waals surface area contributed by atoms with Gasteiger partial charge in [0.25, 0.3) is 12.3 Å². The smallest absolute Gasteiger partial charge is 0.281 e. The minimum atomic E-state index is -3.00. The number of hydrogen-bond acceptors (Lipinski definition) is 11. The molecule has 2 N–H and O–H groups in total. The number of alkyl halides is 2. The molecule has 15 heteroatoms. The van der Waals surface area contributed by atoms with E-state index in [-0.39, 0.29) is 53.1 Å². The number of ether oxygens (including phenoxy) is 4. The molecule has 3 aromatic rings. The van der Waals surface area contributed by atoms with E-state index >= 15 is 4.39 Å². The fraction of sp³-hybridized carbons (Fsp3) is 0.414. The number of carbonyl (C=O) groups is 1. The summed E-state index contributed by atoms with van der Waals surface area (Å²) in [5, 5.41) is 14.1. The number of nitrogens with zero attached hydrogens (tertiary/aromatic N) is 5. The Kier molecular flexibility index (Phi) is 9.85. The zero-order valence-electron chi connectivity index (χ0n) is 23.9. The second kappa shape index (κ2) is 14.0. The second-order valence-corrected chi connectivity index (χ2v) is 9.97. The SMILES string of the molecule is Cc1nc(N[C@H](C)c2cccc(C(F)F)c2F)c(C2OCCO2)c(C(Oc2ccnc(C#N)c2)C(=O)NN2CCOCC2)n1. The molecule has 2 aliphatic heterocycles. The Morgan fingerprint density at radius 3 is 2.57 bits per heavy atom. The van der Waals surface area contributed by atoms with Crippen LogP contribution >= 0.6 is 0 Å². The maximum atomic E-state index is 15.1. The molecule has 12 nitrogen and oxygen atoms in total. The molecule has 2 aliphatic rings. The lowest BCUT2D eigenvalue weighted by Gasteiger charge is -2.30. The van der Waals surface area contributed by atoms with E-state index < -0.39 is 42.1 Å². The summed E-state index contributed by atoms with van der Waals surface area (Å²) >= 11 is 0. The third-order valence-corrected chi connectivity index (χ3v) is 6.92. The van der Waals surface area contributed by atoms with E-state index in [1.807, 2.05) is 6.07 Å². The maximum absolute atomic E-state index is 15.1. The van der Waals surface area contributed by atoms with E-state index in [9.17, 15) is 18.8 Å². The molecular weight excluding hydrogens is 583 g/mol. The number of amides is 1. The van der Waals surface area contributed by atoms with E-state index in [0.717, 1.165) is 6.07 Å². The predicted molar refractivity (Wildman–Crippen MR) is 148 cm³/mol. The highest BCUT2D eigenvalue weighted by Gasteiger charge is 2.36. The fourth-order valence-corrected chi connectivity index (χ4v) is 4.83. The number of carbonyl (C=O) groups excluding carboxylic acids is 1. The molecule has 1 amide bonds. The van der Waals surface area contributed by atoms with Crippen molar-refractivity contribution in [2.75, 3.05) is 44.8 Å². The van der Waals surface area contributed by atoms with Crippen LogP contribution in [0, 0.1) is 24.1 Å². The quantitative estimate of drug-likeness (QED) is 0.344. The van der Waals surface area contributed by atoms with Crippen molar-refractivity contribution in [3.63, 3.8) is 0 Å². The predicted octanol–water partition coefficient (Wildman–Crippen LogP) is 3.83. The van der Waals surface area contributed by atoms with Gasteiger partial charge in [-0.2, -0.15) is 5.26 Å². The molecule has 1 aromatic carbocycles. The lowest BCUT2D eigenvalue weighted by molar-refractivity contribution is -0.135.